The number of carboxylic acids is 1. The molecule has 14 heavy (non-hydrogen) atoms. The average Bonchev–Trinajstić information content (AvgIpc) is 2.60. The van der Waals surface area contributed by atoms with Crippen LogP contribution in [-0.4, -0.2) is 25.7 Å². The fraction of sp³-hybridized carbons (Fsp3) is 0.222. The topological polar surface area (TPSA) is 67.5 Å². The van der Waals surface area contributed by atoms with Gasteiger partial charge in [0.2, 0.25) is 0 Å². The first kappa shape index (κ1) is 8.68. The molecule has 2 aromatic rings. The summed E-state index contributed by atoms with van der Waals surface area (Å²) < 4.78 is 1.56. The van der Waals surface area contributed by atoms with Gasteiger partial charge in [0.25, 0.3) is 0 Å². The SMILES string of the molecule is CC(C(=O)O)c1cnn2cccnc12. The molecule has 0 aliphatic heterocycles. The Balaban J connectivity index is 2.58. The Morgan fingerprint density at radius 3 is 3.14 bits per heavy atom. The van der Waals surface area contributed by atoms with E-state index < -0.39 is 11.9 Å². The zero-order chi connectivity index (χ0) is 10.1. The predicted octanol–water partition coefficient (Wildman–Crippen LogP) is 0.917. The maximum atomic E-state index is 10.8. The molecule has 5 nitrogen and oxygen atoms in total. The summed E-state index contributed by atoms with van der Waals surface area (Å²) in [5, 5.41) is 12.9. The van der Waals surface area contributed by atoms with Gasteiger partial charge in [-0.25, -0.2) is 9.50 Å². The van der Waals surface area contributed by atoms with Gasteiger partial charge in [-0.05, 0) is 13.0 Å². The molecular weight excluding hydrogens is 182 g/mol. The Morgan fingerprint density at radius 2 is 2.43 bits per heavy atom. The van der Waals surface area contributed by atoms with Crippen LogP contribution in [0.15, 0.2) is 24.7 Å². The lowest BCUT2D eigenvalue weighted by Crippen LogP contribution is -2.07. The molecule has 1 atom stereocenters. The first-order valence-electron chi connectivity index (χ1n) is 4.21. The molecule has 0 radical (unpaired) electrons. The number of carbonyl (C=O) groups is 1. The number of hydrogen-bond acceptors (Lipinski definition) is 3. The summed E-state index contributed by atoms with van der Waals surface area (Å²) in [6.45, 7) is 1.62. The molecule has 0 aliphatic carbocycles. The van der Waals surface area contributed by atoms with E-state index >= 15 is 0 Å². The van der Waals surface area contributed by atoms with Crippen molar-refractivity contribution in [3.63, 3.8) is 0 Å². The second kappa shape index (κ2) is 3.10. The molecule has 0 saturated carbocycles. The number of nitrogens with zero attached hydrogens (tertiary/aromatic N) is 3. The zero-order valence-corrected chi connectivity index (χ0v) is 7.58. The second-order valence-corrected chi connectivity index (χ2v) is 3.05. The molecule has 2 heterocycles. The minimum absolute atomic E-state index is 0.581. The van der Waals surface area contributed by atoms with Crippen LogP contribution in [0.2, 0.25) is 0 Å². The van der Waals surface area contributed by atoms with Crippen molar-refractivity contribution in [1.82, 2.24) is 14.6 Å². The number of carboxylic acid groups (broad SMARTS) is 1. The van der Waals surface area contributed by atoms with E-state index in [1.807, 2.05) is 0 Å². The molecule has 0 aliphatic rings. The van der Waals surface area contributed by atoms with Crippen LogP contribution in [0.3, 0.4) is 0 Å². The molecule has 0 saturated heterocycles. The van der Waals surface area contributed by atoms with Crippen molar-refractivity contribution in [2.75, 3.05) is 0 Å². The van der Waals surface area contributed by atoms with Crippen molar-refractivity contribution in [3.8, 4) is 0 Å². The average molecular weight is 191 g/mol. The molecule has 1 N–H and O–H groups in total. The summed E-state index contributed by atoms with van der Waals surface area (Å²) >= 11 is 0. The van der Waals surface area contributed by atoms with Crippen LogP contribution in [-0.2, 0) is 4.79 Å². The van der Waals surface area contributed by atoms with Gasteiger partial charge in [0.1, 0.15) is 0 Å². The van der Waals surface area contributed by atoms with E-state index in [0.717, 1.165) is 0 Å². The Kier molecular flexibility index (Phi) is 1.92. The van der Waals surface area contributed by atoms with Crippen LogP contribution < -0.4 is 0 Å². The number of rotatable bonds is 2. The number of aromatic nitrogens is 3. The van der Waals surface area contributed by atoms with Crippen molar-refractivity contribution < 1.29 is 9.90 Å². The smallest absolute Gasteiger partial charge is 0.310 e. The highest BCUT2D eigenvalue weighted by atomic mass is 16.4. The molecule has 0 amide bonds. The van der Waals surface area contributed by atoms with Crippen molar-refractivity contribution >= 4 is 11.6 Å². The minimum atomic E-state index is -0.870. The third kappa shape index (κ3) is 1.22. The molecular formula is C9H9N3O2. The lowest BCUT2D eigenvalue weighted by atomic mass is 10.1. The Labute approximate surface area is 80.0 Å². The van der Waals surface area contributed by atoms with E-state index in [0.29, 0.717) is 11.2 Å². The van der Waals surface area contributed by atoms with Gasteiger partial charge in [-0.3, -0.25) is 4.79 Å². The van der Waals surface area contributed by atoms with Crippen molar-refractivity contribution in [1.29, 1.82) is 0 Å². The summed E-state index contributed by atoms with van der Waals surface area (Å²) in [5.41, 5.74) is 1.24. The van der Waals surface area contributed by atoms with E-state index in [-0.39, 0.29) is 0 Å². The van der Waals surface area contributed by atoms with Crippen molar-refractivity contribution in [2.24, 2.45) is 0 Å². The van der Waals surface area contributed by atoms with Crippen LogP contribution in [0.1, 0.15) is 18.4 Å². The van der Waals surface area contributed by atoms with Crippen LogP contribution in [0.5, 0.6) is 0 Å². The third-order valence-corrected chi connectivity index (χ3v) is 2.14. The number of hydrogen-bond donors (Lipinski definition) is 1. The van der Waals surface area contributed by atoms with E-state index in [2.05, 4.69) is 10.1 Å². The van der Waals surface area contributed by atoms with Gasteiger partial charge in [-0.2, -0.15) is 5.10 Å². The van der Waals surface area contributed by atoms with Gasteiger partial charge in [0.05, 0.1) is 12.1 Å². The van der Waals surface area contributed by atoms with Gasteiger partial charge in [0.15, 0.2) is 5.65 Å². The van der Waals surface area contributed by atoms with E-state index in [1.54, 1.807) is 36.1 Å². The maximum absolute atomic E-state index is 10.8. The highest BCUT2D eigenvalue weighted by Crippen LogP contribution is 2.18. The molecule has 0 aromatic carbocycles. The van der Waals surface area contributed by atoms with Crippen molar-refractivity contribution in [3.05, 3.63) is 30.2 Å². The van der Waals surface area contributed by atoms with Crippen LogP contribution in [0.4, 0.5) is 0 Å². The normalized spacial score (nSPS) is 12.9. The van der Waals surface area contributed by atoms with Crippen LogP contribution in [0.25, 0.3) is 5.65 Å². The lowest BCUT2D eigenvalue weighted by molar-refractivity contribution is -0.138. The van der Waals surface area contributed by atoms with Gasteiger partial charge in [-0.15, -0.1) is 0 Å². The summed E-state index contributed by atoms with van der Waals surface area (Å²) in [6.07, 6.45) is 4.90. The molecule has 0 bridgehead atoms. The third-order valence-electron chi connectivity index (χ3n) is 2.14. The van der Waals surface area contributed by atoms with Gasteiger partial charge in [-0.1, -0.05) is 0 Å². The molecule has 2 rings (SSSR count). The van der Waals surface area contributed by atoms with E-state index in [4.69, 9.17) is 5.11 Å². The second-order valence-electron chi connectivity index (χ2n) is 3.05. The largest absolute Gasteiger partial charge is 0.481 e. The van der Waals surface area contributed by atoms with Gasteiger partial charge in [0, 0.05) is 18.0 Å². The first-order valence-corrected chi connectivity index (χ1v) is 4.21. The van der Waals surface area contributed by atoms with Crippen LogP contribution >= 0.6 is 0 Å². The first-order chi connectivity index (χ1) is 6.70. The monoisotopic (exact) mass is 191 g/mol. The Hall–Kier alpha value is -1.91. The quantitative estimate of drug-likeness (QED) is 0.766. The van der Waals surface area contributed by atoms with Crippen molar-refractivity contribution in [2.45, 2.75) is 12.8 Å². The lowest BCUT2D eigenvalue weighted by Gasteiger charge is -2.01. The van der Waals surface area contributed by atoms with E-state index in [9.17, 15) is 4.79 Å². The molecule has 5 heteroatoms. The maximum Gasteiger partial charge on any atom is 0.310 e. The fourth-order valence-corrected chi connectivity index (χ4v) is 1.28. The molecule has 72 valence electrons. The van der Waals surface area contributed by atoms with Crippen LogP contribution in [0, 0.1) is 0 Å². The predicted molar refractivity (Wildman–Crippen MR) is 49.0 cm³/mol. The molecule has 1 unspecified atom stereocenters. The standard InChI is InChI=1S/C9H9N3O2/c1-6(9(13)14)7-5-11-12-4-2-3-10-8(7)12/h2-6H,1H3,(H,13,14). The Bertz CT molecular complexity index is 478. The summed E-state index contributed by atoms with van der Waals surface area (Å²) in [7, 11) is 0. The summed E-state index contributed by atoms with van der Waals surface area (Å²) in [6, 6.07) is 1.75. The van der Waals surface area contributed by atoms with Gasteiger partial charge >= 0.3 is 5.97 Å². The summed E-state index contributed by atoms with van der Waals surface area (Å²) in [4.78, 5) is 14.9. The Morgan fingerprint density at radius 1 is 1.64 bits per heavy atom. The van der Waals surface area contributed by atoms with Gasteiger partial charge < -0.3 is 5.11 Å². The molecule has 0 spiro atoms. The minimum Gasteiger partial charge on any atom is -0.481 e. The number of fused-ring (bicyclic) bond motifs is 1. The summed E-state index contributed by atoms with van der Waals surface area (Å²) in [5.74, 6) is -1.45. The zero-order valence-electron chi connectivity index (χ0n) is 7.58. The highest BCUT2D eigenvalue weighted by Gasteiger charge is 2.18. The molecule has 0 fully saturated rings. The number of aliphatic carboxylic acids is 1. The fourth-order valence-electron chi connectivity index (χ4n) is 1.28. The molecule has 2 aromatic heterocycles. The highest BCUT2D eigenvalue weighted by molar-refractivity contribution is 5.78. The van der Waals surface area contributed by atoms with E-state index in [1.165, 1.54) is 0 Å².